The topological polar surface area (TPSA) is 302 Å². The van der Waals surface area contributed by atoms with Gasteiger partial charge in [-0.15, -0.1) is 10.1 Å². The molecule has 2 aliphatic rings. The van der Waals surface area contributed by atoms with Crippen molar-refractivity contribution >= 4 is 54.0 Å². The summed E-state index contributed by atoms with van der Waals surface area (Å²) in [5.74, 6) is -3.24. The molecule has 0 aromatic rings. The van der Waals surface area contributed by atoms with Crippen LogP contribution in [0.1, 0.15) is 129 Å². The average Bonchev–Trinajstić information content (AvgIpc) is 3.72. The first-order valence-corrected chi connectivity index (χ1v) is 20.7. The van der Waals surface area contributed by atoms with Crippen molar-refractivity contribution in [3.8, 4) is 0 Å². The molecule has 6 N–H and O–H groups in total. The predicted octanol–water partition coefficient (Wildman–Crippen LogP) is 1.90. The molecule has 2 fully saturated rings. The number of amides is 6. The van der Waals surface area contributed by atoms with E-state index in [9.17, 15) is 43.2 Å². The van der Waals surface area contributed by atoms with Crippen LogP contribution in [0, 0.1) is 11.8 Å². The average molecular weight is 863 g/mol. The van der Waals surface area contributed by atoms with Crippen molar-refractivity contribution < 1.29 is 82.7 Å². The Balaban J connectivity index is 0.000000918. The highest BCUT2D eigenvalue weighted by Gasteiger charge is 2.33. The van der Waals surface area contributed by atoms with E-state index in [1.165, 1.54) is 0 Å². The van der Waals surface area contributed by atoms with Gasteiger partial charge in [-0.05, 0) is 76.0 Å². The lowest BCUT2D eigenvalue weighted by atomic mass is 10.0. The third kappa shape index (κ3) is 27.9. The van der Waals surface area contributed by atoms with Crippen LogP contribution < -0.4 is 10.6 Å². The molecule has 344 valence electrons. The number of imide groups is 2. The van der Waals surface area contributed by atoms with Crippen LogP contribution in [0.5, 0.6) is 0 Å². The number of hydroxylamine groups is 4. The van der Waals surface area contributed by atoms with Crippen LogP contribution in [0.2, 0.25) is 0 Å². The maximum atomic E-state index is 11.6. The Hall–Kier alpha value is -4.73. The van der Waals surface area contributed by atoms with Crippen molar-refractivity contribution in [3.63, 3.8) is 0 Å². The second kappa shape index (κ2) is 36.1. The standard InChI is InChI=1S/C17H28N2O8.C13H27NO4.C9H11NO5/c20-10-3-4-13(8-11-21)12-26-17(25)18-9-2-1-5-16(24)27-19-14(22)6-7-15(19)23;1-2-3-4-8-14-13(17)18-11-12(7-10-16)6-5-9-15;11-6-2-1-3-9(14)15-10-7(12)4-5-8(10)13/h13,20-21H,1-12H2,(H,18,25);12,15-16H,2-11H2,1H3,(H,14,17);6H,1-5H2. The number of carbonyl (C=O) groups excluding carboxylic acids is 9. The number of aliphatic hydroxyl groups is 4. The molecule has 21 nitrogen and oxygen atoms in total. The van der Waals surface area contributed by atoms with Crippen LogP contribution in [0.25, 0.3) is 0 Å². The Morgan fingerprint density at radius 1 is 0.583 bits per heavy atom. The fourth-order valence-corrected chi connectivity index (χ4v) is 5.33. The lowest BCUT2D eigenvalue weighted by Gasteiger charge is -2.15. The summed E-state index contributed by atoms with van der Waals surface area (Å²) in [7, 11) is 0. The molecule has 2 unspecified atom stereocenters. The van der Waals surface area contributed by atoms with Crippen LogP contribution in [0.4, 0.5) is 9.59 Å². The van der Waals surface area contributed by atoms with Gasteiger partial charge in [-0.3, -0.25) is 19.2 Å². The van der Waals surface area contributed by atoms with Gasteiger partial charge >= 0.3 is 24.1 Å². The molecule has 2 atom stereocenters. The number of ether oxygens (including phenoxy) is 2. The van der Waals surface area contributed by atoms with Gasteiger partial charge in [-0.1, -0.05) is 19.8 Å². The molecule has 21 heteroatoms. The molecule has 0 spiro atoms. The molecule has 0 saturated carbocycles. The van der Waals surface area contributed by atoms with E-state index in [1.54, 1.807) is 0 Å². The number of rotatable bonds is 29. The Labute approximate surface area is 350 Å². The van der Waals surface area contributed by atoms with E-state index in [2.05, 4.69) is 22.4 Å². The van der Waals surface area contributed by atoms with Gasteiger partial charge in [0.1, 0.15) is 6.29 Å². The van der Waals surface area contributed by atoms with E-state index >= 15 is 0 Å². The number of nitrogens with zero attached hydrogens (tertiary/aromatic N) is 2. The van der Waals surface area contributed by atoms with E-state index < -0.39 is 47.8 Å². The number of hydrogen-bond donors (Lipinski definition) is 6. The molecule has 2 aliphatic heterocycles. The quantitative estimate of drug-likeness (QED) is 0.0355. The summed E-state index contributed by atoms with van der Waals surface area (Å²) in [5, 5.41) is 41.7. The maximum Gasteiger partial charge on any atom is 0.407 e. The van der Waals surface area contributed by atoms with Crippen molar-refractivity contribution in [2.75, 3.05) is 52.7 Å². The summed E-state index contributed by atoms with van der Waals surface area (Å²) in [5.41, 5.74) is 0. The molecule has 60 heavy (non-hydrogen) atoms. The Bertz CT molecular complexity index is 1270. The first-order valence-electron chi connectivity index (χ1n) is 20.7. The first kappa shape index (κ1) is 55.3. The summed E-state index contributed by atoms with van der Waals surface area (Å²) < 4.78 is 10.2. The Morgan fingerprint density at radius 3 is 1.35 bits per heavy atom. The van der Waals surface area contributed by atoms with Crippen LogP contribution >= 0.6 is 0 Å². The van der Waals surface area contributed by atoms with Crippen LogP contribution in [0.15, 0.2) is 0 Å². The zero-order chi connectivity index (χ0) is 45.0. The van der Waals surface area contributed by atoms with Gasteiger partial charge in [-0.25, -0.2) is 19.2 Å². The van der Waals surface area contributed by atoms with Crippen molar-refractivity contribution in [3.05, 3.63) is 0 Å². The molecule has 0 bridgehead atoms. The van der Waals surface area contributed by atoms with E-state index in [-0.39, 0.29) is 89.8 Å². The minimum atomic E-state index is -0.670. The number of nitrogens with one attached hydrogen (secondary N) is 2. The lowest BCUT2D eigenvalue weighted by molar-refractivity contribution is -0.197. The molecule has 0 aromatic heterocycles. The SMILES string of the molecule is CCCCCNC(=O)OCC(CCO)CCCO.O=C(CCCCNC(=O)OCC(CCO)CCCO)ON1C(=O)CCC1=O.O=CCCCC(=O)ON1C(=O)CCC1=O. The zero-order valence-electron chi connectivity index (χ0n) is 34.8. The highest BCUT2D eigenvalue weighted by atomic mass is 16.7. The minimum absolute atomic E-state index is 0.00122. The van der Waals surface area contributed by atoms with Gasteiger partial charge in [0.2, 0.25) is 0 Å². The molecule has 0 radical (unpaired) electrons. The second-order valence-corrected chi connectivity index (χ2v) is 13.9. The largest absolute Gasteiger partial charge is 0.449 e. The van der Waals surface area contributed by atoms with E-state index in [1.807, 2.05) is 0 Å². The summed E-state index contributed by atoms with van der Waals surface area (Å²) >= 11 is 0. The van der Waals surface area contributed by atoms with Gasteiger partial charge in [0.15, 0.2) is 0 Å². The number of carbonyl (C=O) groups is 9. The van der Waals surface area contributed by atoms with Gasteiger partial charge in [0.05, 0.1) is 13.2 Å². The number of hydrogen-bond acceptors (Lipinski definition) is 17. The van der Waals surface area contributed by atoms with Crippen LogP contribution in [-0.4, -0.2) is 137 Å². The Morgan fingerprint density at radius 2 is 0.983 bits per heavy atom. The fraction of sp³-hybridized carbons (Fsp3) is 0.769. The molecule has 0 aliphatic carbocycles. The van der Waals surface area contributed by atoms with Crippen molar-refractivity contribution in [1.29, 1.82) is 0 Å². The normalized spacial score (nSPS) is 14.3. The summed E-state index contributed by atoms with van der Waals surface area (Å²) in [6.07, 6.45) is 8.54. The molecule has 2 saturated heterocycles. The molecular weight excluding hydrogens is 796 g/mol. The van der Waals surface area contributed by atoms with E-state index in [0.717, 1.165) is 25.7 Å². The van der Waals surface area contributed by atoms with Gasteiger partial charge < -0.3 is 55.0 Å². The summed E-state index contributed by atoms with van der Waals surface area (Å²) in [6, 6.07) is 0. The molecule has 0 aromatic carbocycles. The third-order valence-corrected chi connectivity index (χ3v) is 8.74. The molecule has 2 heterocycles. The third-order valence-electron chi connectivity index (χ3n) is 8.74. The highest BCUT2D eigenvalue weighted by Crippen LogP contribution is 2.15. The van der Waals surface area contributed by atoms with Crippen molar-refractivity contribution in [2.24, 2.45) is 11.8 Å². The van der Waals surface area contributed by atoms with Crippen LogP contribution in [-0.2, 0) is 52.7 Å². The minimum Gasteiger partial charge on any atom is -0.449 e. The van der Waals surface area contributed by atoms with E-state index in [4.69, 9.17) is 34.7 Å². The van der Waals surface area contributed by atoms with Gasteiger partial charge in [0, 0.05) is 84.5 Å². The number of alkyl carbamates (subject to hydrolysis) is 2. The summed E-state index contributed by atoms with van der Waals surface area (Å²) in [4.78, 5) is 110. The van der Waals surface area contributed by atoms with Crippen LogP contribution in [0.3, 0.4) is 0 Å². The number of unbranched alkanes of at least 4 members (excludes halogenated alkanes) is 4. The van der Waals surface area contributed by atoms with Crippen molar-refractivity contribution in [2.45, 2.75) is 129 Å². The number of aldehydes is 1. The lowest BCUT2D eigenvalue weighted by Crippen LogP contribution is -2.32. The van der Waals surface area contributed by atoms with Crippen molar-refractivity contribution in [1.82, 2.24) is 20.8 Å². The smallest absolute Gasteiger partial charge is 0.407 e. The highest BCUT2D eigenvalue weighted by molar-refractivity contribution is 6.02. The number of aliphatic hydroxyl groups excluding tert-OH is 4. The zero-order valence-corrected chi connectivity index (χ0v) is 34.8. The Kier molecular flexibility index (Phi) is 33.3. The second-order valence-electron chi connectivity index (χ2n) is 13.9. The first-order chi connectivity index (χ1) is 28.9. The van der Waals surface area contributed by atoms with E-state index in [0.29, 0.717) is 87.5 Å². The molecular formula is C39H66N4O17. The maximum absolute atomic E-state index is 11.6. The molecule has 2 rings (SSSR count). The summed E-state index contributed by atoms with van der Waals surface area (Å²) in [6.45, 7) is 3.78. The molecule has 6 amide bonds. The van der Waals surface area contributed by atoms with Gasteiger partial charge in [0.25, 0.3) is 23.6 Å². The fourth-order valence-electron chi connectivity index (χ4n) is 5.33. The predicted molar refractivity (Wildman–Crippen MR) is 209 cm³/mol. The van der Waals surface area contributed by atoms with Gasteiger partial charge in [-0.2, -0.15) is 0 Å². The monoisotopic (exact) mass is 862 g/mol.